The van der Waals surface area contributed by atoms with Gasteiger partial charge in [-0.05, 0) is 42.0 Å². The highest BCUT2D eigenvalue weighted by Gasteiger charge is 2.30. The Morgan fingerprint density at radius 1 is 1.00 bits per heavy atom. The van der Waals surface area contributed by atoms with Crippen LogP contribution in [0.2, 0.25) is 5.02 Å². The zero-order valence-electron chi connectivity index (χ0n) is 18.7. The molecule has 0 fully saturated rings. The number of ether oxygens (including phenoxy) is 3. The molecule has 0 unspecified atom stereocenters. The monoisotopic (exact) mass is 512 g/mol. The number of sulfone groups is 1. The second kappa shape index (κ2) is 9.52. The van der Waals surface area contributed by atoms with E-state index in [9.17, 15) is 8.42 Å². The molecule has 0 atom stereocenters. The molecule has 0 aliphatic carbocycles. The third kappa shape index (κ3) is 4.65. The van der Waals surface area contributed by atoms with Crippen molar-refractivity contribution in [3.05, 3.63) is 77.3 Å². The Hall–Kier alpha value is -3.69. The SMILES string of the molecule is COc1ccc(CNc2oc(-c3ccccc3Cl)nc2S(=O)(=O)c2ccc3c(c2)OCCO3)cc1. The number of rotatable bonds is 7. The second-order valence-electron chi connectivity index (χ2n) is 7.64. The number of aromatic nitrogens is 1. The highest BCUT2D eigenvalue weighted by Crippen LogP contribution is 2.38. The molecule has 180 valence electrons. The first-order chi connectivity index (χ1) is 17.0. The van der Waals surface area contributed by atoms with Crippen molar-refractivity contribution in [2.75, 3.05) is 25.6 Å². The first-order valence-electron chi connectivity index (χ1n) is 10.7. The molecule has 10 heteroatoms. The summed E-state index contributed by atoms with van der Waals surface area (Å²) in [6.45, 7) is 1.04. The Bertz CT molecular complexity index is 1470. The molecule has 35 heavy (non-hydrogen) atoms. The van der Waals surface area contributed by atoms with Crippen molar-refractivity contribution < 1.29 is 27.0 Å². The van der Waals surface area contributed by atoms with E-state index in [2.05, 4.69) is 10.3 Å². The van der Waals surface area contributed by atoms with Crippen molar-refractivity contribution in [3.63, 3.8) is 0 Å². The van der Waals surface area contributed by atoms with Crippen LogP contribution in [0.3, 0.4) is 0 Å². The number of halogens is 1. The van der Waals surface area contributed by atoms with Crippen molar-refractivity contribution in [3.8, 4) is 28.7 Å². The van der Waals surface area contributed by atoms with Crippen molar-refractivity contribution in [1.29, 1.82) is 0 Å². The minimum atomic E-state index is -4.08. The molecule has 3 aromatic carbocycles. The minimum absolute atomic E-state index is 0.00521. The number of benzene rings is 3. The Morgan fingerprint density at radius 2 is 1.74 bits per heavy atom. The fraction of sp³-hybridized carbons (Fsp3) is 0.160. The number of anilines is 1. The molecule has 1 aromatic heterocycles. The van der Waals surface area contributed by atoms with Crippen LogP contribution in [-0.2, 0) is 16.4 Å². The number of nitrogens with one attached hydrogen (secondary N) is 1. The standard InChI is InChI=1S/C25H21ClN2O6S/c1-31-17-8-6-16(7-9-17)15-27-24-25(28-23(34-24)19-4-2-3-5-20(19)26)35(29,30)18-10-11-21-22(14-18)33-13-12-32-21/h2-11,14,27H,12-13,15H2,1H3. The van der Waals surface area contributed by atoms with Crippen molar-refractivity contribution >= 4 is 27.3 Å². The van der Waals surface area contributed by atoms with E-state index in [1.165, 1.54) is 12.1 Å². The average Bonchev–Trinajstić information content (AvgIpc) is 3.32. The number of fused-ring (bicyclic) bond motifs is 1. The maximum absolute atomic E-state index is 13.7. The summed E-state index contributed by atoms with van der Waals surface area (Å²) in [6, 6.07) is 18.8. The second-order valence-corrected chi connectivity index (χ2v) is 9.92. The first kappa shape index (κ1) is 23.1. The van der Waals surface area contributed by atoms with Crippen molar-refractivity contribution in [2.24, 2.45) is 0 Å². The number of hydrogen-bond donors (Lipinski definition) is 1. The lowest BCUT2D eigenvalue weighted by atomic mass is 10.2. The summed E-state index contributed by atoms with van der Waals surface area (Å²) in [7, 11) is -2.49. The van der Waals surface area contributed by atoms with Gasteiger partial charge in [0.15, 0.2) is 11.5 Å². The van der Waals surface area contributed by atoms with Crippen LogP contribution in [0.4, 0.5) is 5.88 Å². The Balaban J connectivity index is 1.54. The summed E-state index contributed by atoms with van der Waals surface area (Å²) in [5.74, 6) is 1.66. The van der Waals surface area contributed by atoms with Gasteiger partial charge in [0, 0.05) is 12.6 Å². The molecular formula is C25H21ClN2O6S. The maximum Gasteiger partial charge on any atom is 0.234 e. The predicted octanol–water partition coefficient (Wildman–Crippen LogP) is 5.22. The number of hydrogen-bond acceptors (Lipinski definition) is 8. The zero-order valence-corrected chi connectivity index (χ0v) is 20.2. The Labute approximate surface area is 207 Å². The number of nitrogens with zero attached hydrogens (tertiary/aromatic N) is 1. The summed E-state index contributed by atoms with van der Waals surface area (Å²) >= 11 is 6.32. The quantitative estimate of drug-likeness (QED) is 0.360. The van der Waals surface area contributed by atoms with Crippen LogP contribution in [0.25, 0.3) is 11.5 Å². The number of oxazole rings is 1. The van der Waals surface area contributed by atoms with Gasteiger partial charge in [-0.1, -0.05) is 35.9 Å². The van der Waals surface area contributed by atoms with Crippen LogP contribution in [0.1, 0.15) is 5.56 Å². The van der Waals surface area contributed by atoms with Crippen LogP contribution in [0, 0.1) is 0 Å². The smallest absolute Gasteiger partial charge is 0.234 e. The van der Waals surface area contributed by atoms with Gasteiger partial charge in [-0.15, -0.1) is 0 Å². The van der Waals surface area contributed by atoms with E-state index >= 15 is 0 Å². The largest absolute Gasteiger partial charge is 0.497 e. The van der Waals surface area contributed by atoms with Gasteiger partial charge in [-0.25, -0.2) is 8.42 Å². The molecule has 0 bridgehead atoms. The summed E-state index contributed by atoms with van der Waals surface area (Å²) < 4.78 is 49.5. The fourth-order valence-corrected chi connectivity index (χ4v) is 5.09. The molecule has 4 aromatic rings. The van der Waals surface area contributed by atoms with E-state index in [0.717, 1.165) is 11.3 Å². The molecule has 1 aliphatic rings. The van der Waals surface area contributed by atoms with Gasteiger partial charge in [0.25, 0.3) is 0 Å². The third-order valence-electron chi connectivity index (χ3n) is 5.39. The lowest BCUT2D eigenvalue weighted by Crippen LogP contribution is -2.16. The molecule has 0 saturated carbocycles. The minimum Gasteiger partial charge on any atom is -0.497 e. The van der Waals surface area contributed by atoms with E-state index < -0.39 is 9.84 Å². The van der Waals surface area contributed by atoms with Crippen LogP contribution in [-0.4, -0.2) is 33.7 Å². The molecule has 1 aliphatic heterocycles. The highest BCUT2D eigenvalue weighted by atomic mass is 35.5. The highest BCUT2D eigenvalue weighted by molar-refractivity contribution is 7.91. The van der Waals surface area contributed by atoms with Gasteiger partial charge in [-0.2, -0.15) is 4.98 Å². The van der Waals surface area contributed by atoms with Crippen LogP contribution < -0.4 is 19.5 Å². The normalized spacial score (nSPS) is 12.9. The van der Waals surface area contributed by atoms with E-state index in [4.69, 9.17) is 30.2 Å². The van der Waals surface area contributed by atoms with Crippen molar-refractivity contribution in [2.45, 2.75) is 16.5 Å². The molecule has 0 spiro atoms. The van der Waals surface area contributed by atoms with Gasteiger partial charge >= 0.3 is 0 Å². The summed E-state index contributed by atoms with van der Waals surface area (Å²) in [4.78, 5) is 4.36. The Morgan fingerprint density at radius 3 is 2.49 bits per heavy atom. The third-order valence-corrected chi connectivity index (χ3v) is 7.38. The zero-order chi connectivity index (χ0) is 24.4. The maximum atomic E-state index is 13.7. The van der Waals surface area contributed by atoms with E-state index in [1.807, 2.05) is 24.3 Å². The van der Waals surface area contributed by atoms with Crippen LogP contribution >= 0.6 is 11.6 Å². The topological polar surface area (TPSA) is 99.9 Å². The van der Waals surface area contributed by atoms with Gasteiger partial charge in [-0.3, -0.25) is 0 Å². The van der Waals surface area contributed by atoms with Crippen molar-refractivity contribution in [1.82, 2.24) is 4.98 Å². The van der Waals surface area contributed by atoms with E-state index in [0.29, 0.717) is 41.8 Å². The van der Waals surface area contributed by atoms with Gasteiger partial charge in [0.05, 0.1) is 22.6 Å². The molecule has 0 radical (unpaired) electrons. The summed E-state index contributed by atoms with van der Waals surface area (Å²) in [6.07, 6.45) is 0. The van der Waals surface area contributed by atoms with Crippen LogP contribution in [0.15, 0.2) is 81.1 Å². The van der Waals surface area contributed by atoms with Gasteiger partial charge < -0.3 is 23.9 Å². The van der Waals surface area contributed by atoms with Crippen LogP contribution in [0.5, 0.6) is 17.2 Å². The molecule has 5 rings (SSSR count). The van der Waals surface area contributed by atoms with Gasteiger partial charge in [0.2, 0.25) is 26.6 Å². The van der Waals surface area contributed by atoms with Gasteiger partial charge in [0.1, 0.15) is 19.0 Å². The molecule has 0 amide bonds. The molecule has 0 saturated heterocycles. The first-order valence-corrected chi connectivity index (χ1v) is 12.6. The molecular weight excluding hydrogens is 492 g/mol. The predicted molar refractivity (Wildman–Crippen MR) is 130 cm³/mol. The summed E-state index contributed by atoms with van der Waals surface area (Å²) in [5.41, 5.74) is 1.37. The fourth-order valence-electron chi connectivity index (χ4n) is 3.58. The number of methoxy groups -OCH3 is 1. The lowest BCUT2D eigenvalue weighted by molar-refractivity contribution is 0.171. The average molecular weight is 513 g/mol. The molecule has 2 heterocycles. The molecule has 8 nitrogen and oxygen atoms in total. The van der Waals surface area contributed by atoms with E-state index in [1.54, 1.807) is 37.4 Å². The molecule has 1 N–H and O–H groups in total. The summed E-state index contributed by atoms with van der Waals surface area (Å²) in [5, 5.41) is 3.20. The lowest BCUT2D eigenvalue weighted by Gasteiger charge is -2.18. The van der Waals surface area contributed by atoms with E-state index in [-0.39, 0.29) is 21.7 Å². The Kier molecular flexibility index (Phi) is 6.27.